The number of anilines is 1. The number of hydrogen-bond donors (Lipinski definition) is 3. The molecule has 162 valence electrons. The smallest absolute Gasteiger partial charge is 0.292 e. The molecule has 0 unspecified atom stereocenters. The van der Waals surface area contributed by atoms with Crippen molar-refractivity contribution < 1.29 is 21.3 Å². The molecule has 4 rings (SSSR count). The molecule has 2 aromatic carbocycles. The summed E-state index contributed by atoms with van der Waals surface area (Å²) in [5.74, 6) is -0.518. The third kappa shape index (κ3) is 3.81. The SMILES string of the molecule is NCCS(=O)(=O)c1ccc(-c2ccc3oc(N)nc3c2)c(C2=NCN=N2)c1S(N)(=O)=O. The van der Waals surface area contributed by atoms with Crippen LogP contribution in [0.1, 0.15) is 5.56 Å². The van der Waals surface area contributed by atoms with Crippen molar-refractivity contribution in [2.24, 2.45) is 26.1 Å². The number of aliphatic imine (C=N–C) groups is 1. The van der Waals surface area contributed by atoms with E-state index in [1.807, 2.05) is 0 Å². The topological polar surface area (TPSA) is 209 Å². The normalized spacial score (nSPS) is 14.3. The average molecular weight is 464 g/mol. The van der Waals surface area contributed by atoms with Crippen molar-refractivity contribution in [2.45, 2.75) is 9.79 Å². The molecule has 2 heterocycles. The van der Waals surface area contributed by atoms with Crippen LogP contribution in [0.4, 0.5) is 6.01 Å². The monoisotopic (exact) mass is 463 g/mol. The van der Waals surface area contributed by atoms with E-state index in [1.165, 1.54) is 12.1 Å². The standard InChI is InChI=1S/C17H17N7O5S2/c18-5-6-30(25,26)13-4-2-10(9-1-3-12-11(7-9)23-17(19)29-12)14(15(13)31(20,27)28)16-21-8-22-24-16/h1-4,7H,5-6,8,18H2,(H2,19,23)(H2,20,27,28). The summed E-state index contributed by atoms with van der Waals surface area (Å²) >= 11 is 0. The first kappa shape index (κ1) is 21.0. The van der Waals surface area contributed by atoms with Crippen molar-refractivity contribution >= 4 is 42.8 Å². The zero-order chi connectivity index (χ0) is 22.4. The molecule has 0 aliphatic carbocycles. The van der Waals surface area contributed by atoms with E-state index in [4.69, 9.17) is 21.0 Å². The van der Waals surface area contributed by atoms with Gasteiger partial charge in [0, 0.05) is 12.1 Å². The molecule has 31 heavy (non-hydrogen) atoms. The van der Waals surface area contributed by atoms with Gasteiger partial charge < -0.3 is 15.9 Å². The number of fused-ring (bicyclic) bond motifs is 1. The summed E-state index contributed by atoms with van der Waals surface area (Å²) in [6.45, 7) is -0.230. The quantitative estimate of drug-likeness (QED) is 0.470. The molecule has 0 saturated carbocycles. The summed E-state index contributed by atoms with van der Waals surface area (Å²) in [6.07, 6.45) is 0. The minimum Gasteiger partial charge on any atom is -0.424 e. The molecule has 0 radical (unpaired) electrons. The van der Waals surface area contributed by atoms with Crippen molar-refractivity contribution in [3.05, 3.63) is 35.9 Å². The maximum atomic E-state index is 12.8. The van der Waals surface area contributed by atoms with Gasteiger partial charge in [0.2, 0.25) is 10.0 Å². The zero-order valence-corrected chi connectivity index (χ0v) is 17.5. The Morgan fingerprint density at radius 1 is 1.10 bits per heavy atom. The highest BCUT2D eigenvalue weighted by molar-refractivity contribution is 7.93. The second-order valence-corrected chi connectivity index (χ2v) is 10.1. The van der Waals surface area contributed by atoms with Crippen LogP contribution in [0.5, 0.6) is 0 Å². The van der Waals surface area contributed by atoms with E-state index in [2.05, 4.69) is 20.2 Å². The van der Waals surface area contributed by atoms with Crippen molar-refractivity contribution in [3.8, 4) is 11.1 Å². The Morgan fingerprint density at radius 2 is 1.87 bits per heavy atom. The molecule has 12 nitrogen and oxygen atoms in total. The van der Waals surface area contributed by atoms with E-state index < -0.39 is 35.4 Å². The number of benzene rings is 2. The van der Waals surface area contributed by atoms with Crippen molar-refractivity contribution in [1.82, 2.24) is 4.98 Å². The zero-order valence-electron chi connectivity index (χ0n) is 15.9. The number of nitrogens with zero attached hydrogens (tertiary/aromatic N) is 4. The minimum absolute atomic E-state index is 0.0303. The number of sulfone groups is 1. The Morgan fingerprint density at radius 3 is 2.52 bits per heavy atom. The molecule has 0 atom stereocenters. The second kappa shape index (κ2) is 7.49. The Hall–Kier alpha value is -3.20. The van der Waals surface area contributed by atoms with Crippen molar-refractivity contribution in [1.29, 1.82) is 0 Å². The molecule has 3 aromatic rings. The molecule has 0 amide bonds. The minimum atomic E-state index is -4.53. The van der Waals surface area contributed by atoms with Crippen molar-refractivity contribution in [3.63, 3.8) is 0 Å². The molecule has 1 aliphatic heterocycles. The van der Waals surface area contributed by atoms with Crippen LogP contribution >= 0.6 is 0 Å². The van der Waals surface area contributed by atoms with E-state index in [-0.39, 0.29) is 30.6 Å². The highest BCUT2D eigenvalue weighted by atomic mass is 32.2. The molecular weight excluding hydrogens is 446 g/mol. The van der Waals surface area contributed by atoms with Crippen LogP contribution in [0.3, 0.4) is 0 Å². The van der Waals surface area contributed by atoms with Gasteiger partial charge in [-0.15, -0.1) is 5.11 Å². The van der Waals surface area contributed by atoms with Gasteiger partial charge in [0.25, 0.3) is 6.01 Å². The van der Waals surface area contributed by atoms with Gasteiger partial charge in [0.05, 0.1) is 10.6 Å². The largest absolute Gasteiger partial charge is 0.424 e. The van der Waals surface area contributed by atoms with Gasteiger partial charge >= 0.3 is 0 Å². The third-order valence-corrected chi connectivity index (χ3v) is 7.42. The fraction of sp³-hybridized carbons (Fsp3) is 0.176. The summed E-state index contributed by atoms with van der Waals surface area (Å²) < 4.78 is 56.0. The van der Waals surface area contributed by atoms with Crippen LogP contribution in [-0.4, -0.2) is 46.6 Å². The summed E-state index contributed by atoms with van der Waals surface area (Å²) in [5, 5.41) is 13.1. The Kier molecular flexibility index (Phi) is 5.09. The van der Waals surface area contributed by atoms with Gasteiger partial charge in [-0.25, -0.2) is 27.0 Å². The molecule has 0 fully saturated rings. The summed E-state index contributed by atoms with van der Waals surface area (Å²) in [5.41, 5.74) is 12.6. The van der Waals surface area contributed by atoms with Gasteiger partial charge in [0.1, 0.15) is 10.4 Å². The number of amidine groups is 1. The Labute approximate surface area is 176 Å². The van der Waals surface area contributed by atoms with Crippen molar-refractivity contribution in [2.75, 3.05) is 24.7 Å². The van der Waals surface area contributed by atoms with E-state index >= 15 is 0 Å². The maximum absolute atomic E-state index is 12.8. The number of oxazole rings is 1. The fourth-order valence-electron chi connectivity index (χ4n) is 3.29. The highest BCUT2D eigenvalue weighted by Gasteiger charge is 2.32. The first-order chi connectivity index (χ1) is 14.6. The van der Waals surface area contributed by atoms with Gasteiger partial charge in [-0.2, -0.15) is 10.1 Å². The first-order valence-corrected chi connectivity index (χ1v) is 12.0. The van der Waals surface area contributed by atoms with E-state index in [0.29, 0.717) is 22.2 Å². The predicted molar refractivity (Wildman–Crippen MR) is 113 cm³/mol. The summed E-state index contributed by atoms with van der Waals surface area (Å²) in [7, 11) is -8.59. The lowest BCUT2D eigenvalue weighted by molar-refractivity contribution is 0.583. The second-order valence-electron chi connectivity index (χ2n) is 6.57. The van der Waals surface area contributed by atoms with Crippen LogP contribution in [0.25, 0.3) is 22.2 Å². The first-order valence-electron chi connectivity index (χ1n) is 8.83. The summed E-state index contributed by atoms with van der Waals surface area (Å²) in [4.78, 5) is 7.07. The van der Waals surface area contributed by atoms with Gasteiger partial charge in [0.15, 0.2) is 27.9 Å². The van der Waals surface area contributed by atoms with Crippen LogP contribution in [-0.2, 0) is 19.9 Å². The number of sulfonamides is 1. The molecule has 14 heteroatoms. The maximum Gasteiger partial charge on any atom is 0.292 e. The third-order valence-electron chi connectivity index (χ3n) is 4.52. The molecule has 0 bridgehead atoms. The lowest BCUT2D eigenvalue weighted by atomic mass is 9.98. The van der Waals surface area contributed by atoms with Crippen LogP contribution < -0.4 is 16.6 Å². The molecule has 6 N–H and O–H groups in total. The molecule has 1 aliphatic rings. The highest BCUT2D eigenvalue weighted by Crippen LogP contribution is 2.36. The van der Waals surface area contributed by atoms with E-state index in [0.717, 1.165) is 0 Å². The van der Waals surface area contributed by atoms with Gasteiger partial charge in [-0.1, -0.05) is 12.1 Å². The number of nitrogens with two attached hydrogens (primary N) is 3. The van der Waals surface area contributed by atoms with Crippen LogP contribution in [0, 0.1) is 0 Å². The number of azo groups is 1. The molecule has 0 spiro atoms. The predicted octanol–water partition coefficient (Wildman–Crippen LogP) is 0.627. The molecule has 0 saturated heterocycles. The van der Waals surface area contributed by atoms with Crippen LogP contribution in [0.15, 0.2) is 59.8 Å². The van der Waals surface area contributed by atoms with Gasteiger partial charge in [-0.3, -0.25) is 0 Å². The lowest BCUT2D eigenvalue weighted by Gasteiger charge is -2.16. The number of rotatable bonds is 6. The number of nitrogen functional groups attached to an aromatic ring is 1. The number of primary sulfonamides is 1. The molecule has 1 aromatic heterocycles. The van der Waals surface area contributed by atoms with E-state index in [1.54, 1.807) is 18.2 Å². The summed E-state index contributed by atoms with van der Waals surface area (Å²) in [6, 6.07) is 7.45. The lowest BCUT2D eigenvalue weighted by Crippen LogP contribution is -2.24. The fourth-order valence-corrected chi connectivity index (χ4v) is 6.04. The van der Waals surface area contributed by atoms with Gasteiger partial charge in [-0.05, 0) is 29.3 Å². The molecular formula is C17H17N7O5S2. The Bertz CT molecular complexity index is 1470. The number of aromatic nitrogens is 1. The Balaban J connectivity index is 2.10. The van der Waals surface area contributed by atoms with Crippen LogP contribution in [0.2, 0.25) is 0 Å². The van der Waals surface area contributed by atoms with E-state index in [9.17, 15) is 16.8 Å². The average Bonchev–Trinajstić information content (AvgIpc) is 3.34. The number of hydrogen-bond acceptors (Lipinski definition) is 11.